The van der Waals surface area contributed by atoms with Crippen molar-refractivity contribution >= 4 is 5.78 Å². The van der Waals surface area contributed by atoms with Crippen LogP contribution >= 0.6 is 0 Å². The highest BCUT2D eigenvalue weighted by Gasteiger charge is 2.33. The molecule has 3 atom stereocenters. The van der Waals surface area contributed by atoms with Gasteiger partial charge in [0, 0.05) is 12.3 Å². The first-order valence-corrected chi connectivity index (χ1v) is 3.65. The molecule has 0 spiro atoms. The van der Waals surface area contributed by atoms with E-state index in [0.717, 1.165) is 6.42 Å². The van der Waals surface area contributed by atoms with Crippen molar-refractivity contribution in [2.24, 2.45) is 17.8 Å². The van der Waals surface area contributed by atoms with Gasteiger partial charge in [-0.25, -0.2) is 0 Å². The van der Waals surface area contributed by atoms with E-state index in [-0.39, 0.29) is 0 Å². The lowest BCUT2D eigenvalue weighted by molar-refractivity contribution is -0.120. The van der Waals surface area contributed by atoms with Crippen molar-refractivity contribution in [1.82, 2.24) is 0 Å². The van der Waals surface area contributed by atoms with Crippen LogP contribution in [0.1, 0.15) is 27.2 Å². The zero-order valence-electron chi connectivity index (χ0n) is 6.35. The lowest BCUT2D eigenvalue weighted by Crippen LogP contribution is -2.08. The largest absolute Gasteiger partial charge is 0.299 e. The maximum absolute atomic E-state index is 11.0. The highest BCUT2D eigenvalue weighted by Crippen LogP contribution is 2.32. The summed E-state index contributed by atoms with van der Waals surface area (Å²) in [6.45, 7) is 6.36. The zero-order valence-corrected chi connectivity index (χ0v) is 6.35. The minimum absolute atomic E-state index is 0.319. The third kappa shape index (κ3) is 1.00. The average molecular weight is 126 g/mol. The molecular formula is C8H14O. The van der Waals surface area contributed by atoms with Gasteiger partial charge in [0.1, 0.15) is 5.78 Å². The molecule has 1 aliphatic carbocycles. The second-order valence-corrected chi connectivity index (χ2v) is 3.30. The van der Waals surface area contributed by atoms with Gasteiger partial charge in [0.15, 0.2) is 0 Å². The summed E-state index contributed by atoms with van der Waals surface area (Å²) in [7, 11) is 0. The molecule has 0 radical (unpaired) electrons. The lowest BCUT2D eigenvalue weighted by Gasteiger charge is -2.10. The summed E-state index contributed by atoms with van der Waals surface area (Å²) in [6, 6.07) is 0. The van der Waals surface area contributed by atoms with Crippen LogP contribution in [0.2, 0.25) is 0 Å². The summed E-state index contributed by atoms with van der Waals surface area (Å²) in [5.74, 6) is 2.00. The fourth-order valence-corrected chi connectivity index (χ4v) is 1.48. The highest BCUT2D eigenvalue weighted by atomic mass is 16.1. The molecular weight excluding hydrogens is 112 g/mol. The Bertz CT molecular complexity index is 129. The van der Waals surface area contributed by atoms with Gasteiger partial charge in [-0.3, -0.25) is 4.79 Å². The Morgan fingerprint density at radius 3 is 2.00 bits per heavy atom. The van der Waals surface area contributed by atoms with Crippen LogP contribution in [0.3, 0.4) is 0 Å². The van der Waals surface area contributed by atoms with E-state index in [1.54, 1.807) is 0 Å². The first-order chi connectivity index (χ1) is 4.13. The van der Waals surface area contributed by atoms with Gasteiger partial charge in [0.05, 0.1) is 0 Å². The molecule has 0 aromatic carbocycles. The molecule has 9 heavy (non-hydrogen) atoms. The van der Waals surface area contributed by atoms with E-state index in [9.17, 15) is 4.79 Å². The number of carbonyl (C=O) groups is 1. The zero-order chi connectivity index (χ0) is 7.02. The Morgan fingerprint density at radius 2 is 1.89 bits per heavy atom. The smallest absolute Gasteiger partial charge is 0.136 e. The summed E-state index contributed by atoms with van der Waals surface area (Å²) in [5.41, 5.74) is 0. The molecule has 0 amide bonds. The molecule has 1 saturated carbocycles. The van der Waals surface area contributed by atoms with E-state index >= 15 is 0 Å². The molecule has 1 rings (SSSR count). The molecule has 1 heteroatoms. The summed E-state index contributed by atoms with van der Waals surface area (Å²) in [4.78, 5) is 11.0. The quantitative estimate of drug-likeness (QED) is 0.484. The predicted molar refractivity (Wildman–Crippen MR) is 37.1 cm³/mol. The monoisotopic (exact) mass is 126 g/mol. The maximum atomic E-state index is 11.0. The number of carbonyl (C=O) groups excluding carboxylic acids is 1. The molecule has 1 nitrogen and oxygen atoms in total. The van der Waals surface area contributed by atoms with Crippen LogP contribution in [0.15, 0.2) is 0 Å². The van der Waals surface area contributed by atoms with E-state index in [0.29, 0.717) is 23.5 Å². The third-order valence-electron chi connectivity index (χ3n) is 2.72. The molecule has 0 aliphatic heterocycles. The van der Waals surface area contributed by atoms with Crippen molar-refractivity contribution in [2.45, 2.75) is 27.2 Å². The number of rotatable bonds is 0. The second kappa shape index (κ2) is 2.13. The molecule has 0 unspecified atom stereocenters. The summed E-state index contributed by atoms with van der Waals surface area (Å²) in [5, 5.41) is 0. The fraction of sp³-hybridized carbons (Fsp3) is 0.875. The number of hydrogen-bond donors (Lipinski definition) is 0. The Labute approximate surface area is 56.4 Å². The van der Waals surface area contributed by atoms with Crippen molar-refractivity contribution in [3.05, 3.63) is 0 Å². The molecule has 0 bridgehead atoms. The third-order valence-corrected chi connectivity index (χ3v) is 2.72. The van der Waals surface area contributed by atoms with Crippen LogP contribution in [0.4, 0.5) is 0 Å². The normalized spacial score (nSPS) is 43.9. The minimum Gasteiger partial charge on any atom is -0.299 e. The van der Waals surface area contributed by atoms with Gasteiger partial charge in [-0.15, -0.1) is 0 Å². The molecule has 1 fully saturated rings. The van der Waals surface area contributed by atoms with Crippen molar-refractivity contribution in [1.29, 1.82) is 0 Å². The minimum atomic E-state index is 0.319. The topological polar surface area (TPSA) is 17.1 Å². The van der Waals surface area contributed by atoms with E-state index in [4.69, 9.17) is 0 Å². The van der Waals surface area contributed by atoms with Gasteiger partial charge in [0.2, 0.25) is 0 Å². The number of ketones is 1. The van der Waals surface area contributed by atoms with E-state index in [1.807, 2.05) is 6.92 Å². The molecule has 0 aromatic heterocycles. The van der Waals surface area contributed by atoms with Crippen LogP contribution < -0.4 is 0 Å². The molecule has 0 N–H and O–H groups in total. The van der Waals surface area contributed by atoms with E-state index in [2.05, 4.69) is 13.8 Å². The van der Waals surface area contributed by atoms with Crippen LogP contribution in [0, 0.1) is 17.8 Å². The Hall–Kier alpha value is -0.330. The van der Waals surface area contributed by atoms with Gasteiger partial charge in [0.25, 0.3) is 0 Å². The van der Waals surface area contributed by atoms with E-state index in [1.165, 1.54) is 0 Å². The Balaban J connectivity index is 2.65. The molecule has 0 aromatic rings. The van der Waals surface area contributed by atoms with Crippen LogP contribution in [-0.2, 0) is 4.79 Å². The Morgan fingerprint density at radius 1 is 1.33 bits per heavy atom. The van der Waals surface area contributed by atoms with Crippen molar-refractivity contribution < 1.29 is 4.79 Å². The van der Waals surface area contributed by atoms with Gasteiger partial charge >= 0.3 is 0 Å². The van der Waals surface area contributed by atoms with Gasteiger partial charge in [-0.1, -0.05) is 20.8 Å². The summed E-state index contributed by atoms with van der Waals surface area (Å²) < 4.78 is 0. The van der Waals surface area contributed by atoms with Crippen LogP contribution in [-0.4, -0.2) is 5.78 Å². The first kappa shape index (κ1) is 6.79. The first-order valence-electron chi connectivity index (χ1n) is 3.65. The number of hydrogen-bond acceptors (Lipinski definition) is 1. The van der Waals surface area contributed by atoms with Crippen molar-refractivity contribution in [2.75, 3.05) is 0 Å². The second-order valence-electron chi connectivity index (χ2n) is 3.30. The highest BCUT2D eigenvalue weighted by molar-refractivity contribution is 5.83. The SMILES string of the molecule is C[C@H]1[C@@H](C)CC(=O)[C@@H]1C. The molecule has 0 heterocycles. The summed E-state index contributed by atoms with van der Waals surface area (Å²) >= 11 is 0. The van der Waals surface area contributed by atoms with Crippen LogP contribution in [0.25, 0.3) is 0 Å². The van der Waals surface area contributed by atoms with Gasteiger partial charge < -0.3 is 0 Å². The lowest BCUT2D eigenvalue weighted by atomic mass is 9.94. The molecule has 1 aliphatic rings. The molecule has 52 valence electrons. The van der Waals surface area contributed by atoms with Crippen molar-refractivity contribution in [3.8, 4) is 0 Å². The predicted octanol–water partition coefficient (Wildman–Crippen LogP) is 1.87. The number of Topliss-reactive ketones (excluding diaryl/α,β-unsaturated/α-hetero) is 1. The van der Waals surface area contributed by atoms with Gasteiger partial charge in [-0.2, -0.15) is 0 Å². The standard InChI is InChI=1S/C8H14O/c1-5-4-8(9)7(3)6(5)2/h5-7H,4H2,1-3H3/t5-,6-,7+/m0/s1. The van der Waals surface area contributed by atoms with Crippen LogP contribution in [0.5, 0.6) is 0 Å². The molecule has 0 saturated heterocycles. The van der Waals surface area contributed by atoms with Gasteiger partial charge in [-0.05, 0) is 11.8 Å². The van der Waals surface area contributed by atoms with E-state index < -0.39 is 0 Å². The maximum Gasteiger partial charge on any atom is 0.136 e. The summed E-state index contributed by atoms with van der Waals surface area (Å²) in [6.07, 6.45) is 0.808. The Kier molecular flexibility index (Phi) is 1.60. The van der Waals surface area contributed by atoms with Crippen molar-refractivity contribution in [3.63, 3.8) is 0 Å². The fourth-order valence-electron chi connectivity index (χ4n) is 1.48. The average Bonchev–Trinajstić information content (AvgIpc) is 1.98.